The Kier molecular flexibility index (Phi) is 8.45. The first-order valence-electron chi connectivity index (χ1n) is 11.2. The molecule has 6 nitrogen and oxygen atoms in total. The van der Waals surface area contributed by atoms with E-state index in [1.165, 1.54) is 11.6 Å². The van der Waals surface area contributed by atoms with Crippen LogP contribution in [0.3, 0.4) is 0 Å². The second-order valence-corrected chi connectivity index (χ2v) is 7.72. The quantitative estimate of drug-likeness (QED) is 0.324. The Morgan fingerprint density at radius 3 is 2.32 bits per heavy atom. The summed E-state index contributed by atoms with van der Waals surface area (Å²) >= 11 is 0. The van der Waals surface area contributed by atoms with Crippen molar-refractivity contribution in [3.8, 4) is 11.3 Å². The fraction of sp³-hybridized carbons (Fsp3) is 0.320. The number of nitrogens with one attached hydrogen (secondary N) is 3. The number of alkyl halides is 3. The molecule has 9 heteroatoms. The first-order chi connectivity index (χ1) is 16.3. The molecule has 0 fully saturated rings. The maximum atomic E-state index is 12.7. The van der Waals surface area contributed by atoms with Crippen molar-refractivity contribution in [1.29, 1.82) is 0 Å². The average molecular weight is 471 g/mol. The van der Waals surface area contributed by atoms with E-state index in [1.807, 2.05) is 25.4 Å². The molecule has 2 aromatic heterocycles. The summed E-state index contributed by atoms with van der Waals surface area (Å²) in [7, 11) is 0. The Labute approximate surface area is 197 Å². The van der Waals surface area contributed by atoms with Crippen LogP contribution in [0.15, 0.2) is 61.1 Å². The summed E-state index contributed by atoms with van der Waals surface area (Å²) in [6.45, 7) is 7.01. The second-order valence-electron chi connectivity index (χ2n) is 7.72. The van der Waals surface area contributed by atoms with Gasteiger partial charge in [-0.05, 0) is 44.2 Å². The molecule has 3 rings (SSSR count). The lowest BCUT2D eigenvalue weighted by Crippen LogP contribution is -2.18. The van der Waals surface area contributed by atoms with Crippen LogP contribution < -0.4 is 16.0 Å². The van der Waals surface area contributed by atoms with Crippen molar-refractivity contribution in [3.05, 3.63) is 77.8 Å². The zero-order valence-electron chi connectivity index (χ0n) is 19.4. The third-order valence-electron chi connectivity index (χ3n) is 5.24. The monoisotopic (exact) mass is 470 g/mol. The van der Waals surface area contributed by atoms with E-state index in [2.05, 4.69) is 64.0 Å². The third kappa shape index (κ3) is 6.69. The lowest BCUT2D eigenvalue weighted by molar-refractivity contribution is -0.137. The number of hydrogen-bond acceptors (Lipinski definition) is 6. The molecule has 2 heterocycles. The molecule has 1 atom stereocenters. The van der Waals surface area contributed by atoms with Gasteiger partial charge >= 0.3 is 6.18 Å². The zero-order chi connectivity index (χ0) is 24.6. The van der Waals surface area contributed by atoms with Crippen molar-refractivity contribution in [2.24, 2.45) is 0 Å². The molecule has 0 radical (unpaired) electrons. The van der Waals surface area contributed by atoms with Crippen molar-refractivity contribution in [2.45, 2.75) is 39.4 Å². The smallest absolute Gasteiger partial charge is 0.384 e. The molecule has 180 valence electrons. The van der Waals surface area contributed by atoms with Crippen LogP contribution in [0.1, 0.15) is 43.5 Å². The summed E-state index contributed by atoms with van der Waals surface area (Å²) in [6.07, 6.45) is 3.01. The Morgan fingerprint density at radius 2 is 1.71 bits per heavy atom. The van der Waals surface area contributed by atoms with Gasteiger partial charge in [0.1, 0.15) is 5.82 Å². The van der Waals surface area contributed by atoms with Gasteiger partial charge in [0, 0.05) is 36.6 Å². The molecule has 3 N–H and O–H groups in total. The Hall–Kier alpha value is -3.62. The van der Waals surface area contributed by atoms with Gasteiger partial charge in [0.2, 0.25) is 5.95 Å². The number of benzene rings is 1. The highest BCUT2D eigenvalue weighted by atomic mass is 19.4. The van der Waals surface area contributed by atoms with Crippen molar-refractivity contribution < 1.29 is 13.2 Å². The van der Waals surface area contributed by atoms with Gasteiger partial charge in [-0.2, -0.15) is 13.2 Å². The number of aromatic nitrogens is 3. The minimum absolute atomic E-state index is 0.0125. The van der Waals surface area contributed by atoms with Gasteiger partial charge < -0.3 is 16.0 Å². The largest absolute Gasteiger partial charge is 0.417 e. The van der Waals surface area contributed by atoms with E-state index in [9.17, 15) is 13.2 Å². The van der Waals surface area contributed by atoms with Crippen LogP contribution in [0.2, 0.25) is 0 Å². The summed E-state index contributed by atoms with van der Waals surface area (Å²) in [5, 5.41) is 9.47. The number of pyridine rings is 1. The molecule has 0 amide bonds. The van der Waals surface area contributed by atoms with Crippen LogP contribution in [0.5, 0.6) is 0 Å². The van der Waals surface area contributed by atoms with Crippen LogP contribution in [0.25, 0.3) is 11.3 Å². The number of halogens is 3. The molecular weight excluding hydrogens is 441 g/mol. The molecule has 0 saturated carbocycles. The van der Waals surface area contributed by atoms with Crippen molar-refractivity contribution >= 4 is 11.8 Å². The summed E-state index contributed by atoms with van der Waals surface area (Å²) in [5.74, 6) is 0.838. The van der Waals surface area contributed by atoms with E-state index in [-0.39, 0.29) is 6.04 Å². The number of nitrogens with zero attached hydrogens (tertiary/aromatic N) is 3. The molecule has 1 aromatic carbocycles. The Bertz CT molecular complexity index is 1080. The number of anilines is 2. The molecule has 0 bridgehead atoms. The maximum absolute atomic E-state index is 12.7. The van der Waals surface area contributed by atoms with Gasteiger partial charge in [0.15, 0.2) is 0 Å². The fourth-order valence-electron chi connectivity index (χ4n) is 3.28. The normalized spacial score (nSPS) is 12.5. The predicted molar refractivity (Wildman–Crippen MR) is 129 cm³/mol. The standard InChI is InChI=1S/C25H29F3N6/c1-4-12-29-17(3)21-16-33-24(34-23(21)19-8-6-18(5-2)7-9-19)31-14-13-30-22-11-10-20(15-32-22)25(26,27)28/h4,6-12,15-17,29H,5,13-14H2,1-3H3,(H,30,32)(H,31,33,34)/b12-4-. The van der Waals surface area contributed by atoms with E-state index >= 15 is 0 Å². The van der Waals surface area contributed by atoms with Crippen molar-refractivity contribution in [3.63, 3.8) is 0 Å². The third-order valence-corrected chi connectivity index (χ3v) is 5.24. The van der Waals surface area contributed by atoms with Crippen LogP contribution in [0, 0.1) is 0 Å². The van der Waals surface area contributed by atoms with Gasteiger partial charge in [0.05, 0.1) is 17.3 Å². The molecule has 0 aliphatic carbocycles. The number of hydrogen-bond donors (Lipinski definition) is 3. The van der Waals surface area contributed by atoms with Crippen LogP contribution >= 0.6 is 0 Å². The number of aryl methyl sites for hydroxylation is 1. The highest BCUT2D eigenvalue weighted by Gasteiger charge is 2.30. The van der Waals surface area contributed by atoms with E-state index < -0.39 is 11.7 Å². The average Bonchev–Trinajstić information content (AvgIpc) is 2.85. The predicted octanol–water partition coefficient (Wildman–Crippen LogP) is 5.83. The van der Waals surface area contributed by atoms with Gasteiger partial charge in [-0.15, -0.1) is 0 Å². The lowest BCUT2D eigenvalue weighted by Gasteiger charge is -2.17. The SMILES string of the molecule is C/C=C\NC(C)c1cnc(NCCNc2ccc(C(F)(F)F)cn2)nc1-c1ccc(CC)cc1. The molecule has 34 heavy (non-hydrogen) atoms. The summed E-state index contributed by atoms with van der Waals surface area (Å²) < 4.78 is 38.0. The Balaban J connectivity index is 1.69. The number of rotatable bonds is 10. The van der Waals surface area contributed by atoms with Crippen LogP contribution in [-0.2, 0) is 12.6 Å². The van der Waals surface area contributed by atoms with Crippen molar-refractivity contribution in [1.82, 2.24) is 20.3 Å². The molecule has 3 aromatic rings. The summed E-state index contributed by atoms with van der Waals surface area (Å²) in [4.78, 5) is 13.0. The van der Waals surface area contributed by atoms with E-state index in [0.717, 1.165) is 35.5 Å². The Morgan fingerprint density at radius 1 is 0.971 bits per heavy atom. The molecule has 0 aliphatic heterocycles. The lowest BCUT2D eigenvalue weighted by atomic mass is 10.0. The molecule has 1 unspecified atom stereocenters. The molecular formula is C25H29F3N6. The zero-order valence-corrected chi connectivity index (χ0v) is 19.4. The van der Waals surface area contributed by atoms with E-state index in [1.54, 1.807) is 0 Å². The van der Waals surface area contributed by atoms with E-state index in [0.29, 0.717) is 24.9 Å². The van der Waals surface area contributed by atoms with Gasteiger partial charge in [-0.3, -0.25) is 0 Å². The second kappa shape index (κ2) is 11.5. The topological polar surface area (TPSA) is 74.8 Å². The van der Waals surface area contributed by atoms with E-state index in [4.69, 9.17) is 4.98 Å². The molecule has 0 aliphatic rings. The highest BCUT2D eigenvalue weighted by molar-refractivity contribution is 5.65. The fourth-order valence-corrected chi connectivity index (χ4v) is 3.28. The van der Waals surface area contributed by atoms with Crippen LogP contribution in [-0.4, -0.2) is 28.0 Å². The minimum Gasteiger partial charge on any atom is -0.384 e. The number of allylic oxidation sites excluding steroid dienone is 1. The first kappa shape index (κ1) is 25.0. The first-order valence-corrected chi connectivity index (χ1v) is 11.2. The minimum atomic E-state index is -4.40. The highest BCUT2D eigenvalue weighted by Crippen LogP contribution is 2.29. The molecule has 0 spiro atoms. The van der Waals surface area contributed by atoms with Gasteiger partial charge in [-0.25, -0.2) is 15.0 Å². The van der Waals surface area contributed by atoms with Gasteiger partial charge in [0.25, 0.3) is 0 Å². The van der Waals surface area contributed by atoms with Crippen molar-refractivity contribution in [2.75, 3.05) is 23.7 Å². The van der Waals surface area contributed by atoms with Crippen LogP contribution in [0.4, 0.5) is 24.9 Å². The summed E-state index contributed by atoms with van der Waals surface area (Å²) in [5.41, 5.74) is 3.28. The maximum Gasteiger partial charge on any atom is 0.417 e. The molecule has 0 saturated heterocycles. The summed E-state index contributed by atoms with van der Waals surface area (Å²) in [6, 6.07) is 10.6. The van der Waals surface area contributed by atoms with Gasteiger partial charge in [-0.1, -0.05) is 37.3 Å².